The zero-order valence-electron chi connectivity index (χ0n) is 13.2. The lowest BCUT2D eigenvalue weighted by Gasteiger charge is -2.22. The van der Waals surface area contributed by atoms with Gasteiger partial charge < -0.3 is 16.2 Å². The molecule has 2 heterocycles. The smallest absolute Gasteiger partial charge is 0.210 e. The molecule has 0 saturated carbocycles. The van der Waals surface area contributed by atoms with E-state index in [1.165, 1.54) is 17.3 Å². The summed E-state index contributed by atoms with van der Waals surface area (Å²) < 4.78 is 0. The minimum atomic E-state index is 0.00673. The monoisotopic (exact) mass is 318 g/mol. The molecule has 0 spiro atoms. The van der Waals surface area contributed by atoms with Gasteiger partial charge in [-0.25, -0.2) is 9.97 Å². The molecule has 0 atom stereocenters. The third-order valence-corrected chi connectivity index (χ3v) is 4.71. The van der Waals surface area contributed by atoms with Crippen LogP contribution in [-0.4, -0.2) is 21.3 Å². The van der Waals surface area contributed by atoms with Crippen molar-refractivity contribution in [3.05, 3.63) is 47.2 Å². The number of anilines is 1. The van der Waals surface area contributed by atoms with Gasteiger partial charge in [-0.15, -0.1) is 0 Å². The van der Waals surface area contributed by atoms with Gasteiger partial charge in [0.1, 0.15) is 0 Å². The fourth-order valence-corrected chi connectivity index (χ4v) is 3.59. The molecule has 5 nitrogen and oxygen atoms in total. The van der Waals surface area contributed by atoms with E-state index >= 15 is 0 Å². The average Bonchev–Trinajstić information content (AvgIpc) is 2.62. The van der Waals surface area contributed by atoms with Gasteiger partial charge in [0.2, 0.25) is 5.88 Å². The van der Waals surface area contributed by atoms with Gasteiger partial charge in [0.05, 0.1) is 11.2 Å². The maximum Gasteiger partial charge on any atom is 0.210 e. The number of aryl methyl sites for hydroxylation is 1. The molecule has 0 aliphatic heterocycles. The largest absolute Gasteiger partial charge is 0.493 e. The van der Waals surface area contributed by atoms with E-state index in [1.54, 1.807) is 12.3 Å². The van der Waals surface area contributed by atoms with E-state index in [-0.39, 0.29) is 5.88 Å². The number of benzene rings is 1. The lowest BCUT2D eigenvalue weighted by atomic mass is 9.85. The van der Waals surface area contributed by atoms with Crippen LogP contribution in [0.3, 0.4) is 0 Å². The Morgan fingerprint density at radius 2 is 1.88 bits per heavy atom. The fourth-order valence-electron chi connectivity index (χ4n) is 3.59. The Morgan fingerprint density at radius 1 is 1.08 bits per heavy atom. The minimum absolute atomic E-state index is 0.00673. The van der Waals surface area contributed by atoms with Crippen LogP contribution >= 0.6 is 0 Å². The molecule has 0 amide bonds. The van der Waals surface area contributed by atoms with Crippen molar-refractivity contribution in [3.8, 4) is 17.1 Å². The Kier molecular flexibility index (Phi) is 3.41. The van der Waals surface area contributed by atoms with Gasteiger partial charge >= 0.3 is 0 Å². The summed E-state index contributed by atoms with van der Waals surface area (Å²) in [6.07, 6.45) is 7.17. The van der Waals surface area contributed by atoms with Crippen molar-refractivity contribution in [2.75, 3.05) is 5.73 Å². The molecule has 5 heteroatoms. The van der Waals surface area contributed by atoms with E-state index in [1.807, 2.05) is 18.2 Å². The number of hydrogen-bond donors (Lipinski definition) is 3. The van der Waals surface area contributed by atoms with Gasteiger partial charge in [-0.2, -0.15) is 0 Å². The van der Waals surface area contributed by atoms with Gasteiger partial charge in [0.25, 0.3) is 0 Å². The highest BCUT2D eigenvalue weighted by Crippen LogP contribution is 2.37. The zero-order valence-corrected chi connectivity index (χ0v) is 13.2. The molecule has 0 saturated heterocycles. The summed E-state index contributed by atoms with van der Waals surface area (Å²) in [5.41, 5.74) is 12.6. The van der Waals surface area contributed by atoms with Gasteiger partial charge in [-0.1, -0.05) is 0 Å². The Morgan fingerprint density at radius 3 is 2.58 bits per heavy atom. The maximum atomic E-state index is 9.44. The van der Waals surface area contributed by atoms with E-state index in [0.29, 0.717) is 5.69 Å². The van der Waals surface area contributed by atoms with Crippen molar-refractivity contribution in [2.24, 2.45) is 0 Å². The van der Waals surface area contributed by atoms with Gasteiger partial charge in [-0.3, -0.25) is 0 Å². The van der Waals surface area contributed by atoms with Gasteiger partial charge in [-0.05, 0) is 55.0 Å². The van der Waals surface area contributed by atoms with Crippen LogP contribution in [0.25, 0.3) is 22.2 Å². The molecule has 24 heavy (non-hydrogen) atoms. The van der Waals surface area contributed by atoms with Gasteiger partial charge in [0, 0.05) is 40.7 Å². The second-order valence-electron chi connectivity index (χ2n) is 6.14. The van der Waals surface area contributed by atoms with Crippen molar-refractivity contribution >= 4 is 22.8 Å². The van der Waals surface area contributed by atoms with E-state index < -0.39 is 0 Å². The number of rotatable bonds is 2. The highest BCUT2D eigenvalue weighted by atomic mass is 16.3. The molecule has 0 radical (unpaired) electrons. The summed E-state index contributed by atoms with van der Waals surface area (Å²) in [5, 5.41) is 18.2. The molecule has 120 valence electrons. The number of hydrogen-bond acceptors (Lipinski definition) is 5. The van der Waals surface area contributed by atoms with Crippen LogP contribution in [-0.2, 0) is 12.8 Å². The highest BCUT2D eigenvalue weighted by molar-refractivity contribution is 6.05. The second-order valence-corrected chi connectivity index (χ2v) is 6.14. The normalized spacial score (nSPS) is 13.7. The lowest BCUT2D eigenvalue weighted by molar-refractivity contribution is 0.453. The summed E-state index contributed by atoms with van der Waals surface area (Å²) in [4.78, 5) is 8.85. The van der Waals surface area contributed by atoms with Crippen LogP contribution in [0.4, 0.5) is 5.69 Å². The summed E-state index contributed by atoms with van der Waals surface area (Å²) in [6, 6.07) is 7.16. The standard InChI is InChI=1S/C19H18N4O/c20-9-14-15(21)6-7-16-18(14)12-3-1-2-4-13(12)19(23-16)11-5-8-17(24)22-10-11/h5-10,20H,1-4,21H2,(H,22,24). The molecular formula is C19H18N4O. The SMILES string of the molecule is N=Cc1c(N)ccc2nc(-c3ccc(O)nc3)c3c(c12)CCCC3. The number of pyridine rings is 2. The number of nitrogens with one attached hydrogen (secondary N) is 1. The summed E-state index contributed by atoms with van der Waals surface area (Å²) in [6.45, 7) is 0. The molecule has 4 rings (SSSR count). The van der Waals surface area contributed by atoms with Crippen LogP contribution in [0.1, 0.15) is 29.5 Å². The average molecular weight is 318 g/mol. The maximum absolute atomic E-state index is 9.44. The molecule has 1 aromatic carbocycles. The Labute approximate surface area is 139 Å². The first-order valence-electron chi connectivity index (χ1n) is 8.09. The molecule has 0 unspecified atom stereocenters. The topological polar surface area (TPSA) is 95.9 Å². The van der Waals surface area contributed by atoms with Crippen LogP contribution in [0.2, 0.25) is 0 Å². The third kappa shape index (κ3) is 2.21. The van der Waals surface area contributed by atoms with Gasteiger partial charge in [0.15, 0.2) is 0 Å². The van der Waals surface area contributed by atoms with Crippen LogP contribution in [0.5, 0.6) is 5.88 Å². The number of nitrogens with zero attached hydrogens (tertiary/aromatic N) is 2. The molecule has 1 aliphatic rings. The zero-order chi connectivity index (χ0) is 16.7. The molecule has 0 fully saturated rings. The molecule has 1 aliphatic carbocycles. The van der Waals surface area contributed by atoms with E-state index in [4.69, 9.17) is 16.1 Å². The number of nitrogen functional groups attached to an aromatic ring is 1. The van der Waals surface area contributed by atoms with Crippen molar-refractivity contribution in [2.45, 2.75) is 25.7 Å². The van der Waals surface area contributed by atoms with Crippen LogP contribution in [0.15, 0.2) is 30.5 Å². The highest BCUT2D eigenvalue weighted by Gasteiger charge is 2.21. The Balaban J connectivity index is 2.08. The second kappa shape index (κ2) is 5.60. The number of nitrogens with two attached hydrogens (primary N) is 1. The molecular weight excluding hydrogens is 300 g/mol. The predicted molar refractivity (Wildman–Crippen MR) is 95.6 cm³/mol. The summed E-state index contributed by atoms with van der Waals surface area (Å²) in [5.74, 6) is 0.00673. The lowest BCUT2D eigenvalue weighted by Crippen LogP contribution is -2.09. The van der Waals surface area contributed by atoms with Crippen molar-refractivity contribution in [1.29, 1.82) is 5.41 Å². The first-order chi connectivity index (χ1) is 11.7. The third-order valence-electron chi connectivity index (χ3n) is 4.71. The van der Waals surface area contributed by atoms with Crippen molar-refractivity contribution < 1.29 is 5.11 Å². The number of aromatic nitrogens is 2. The number of aromatic hydroxyl groups is 1. The minimum Gasteiger partial charge on any atom is -0.493 e. The first kappa shape index (κ1) is 14.6. The fraction of sp³-hybridized carbons (Fsp3) is 0.211. The number of fused-ring (bicyclic) bond motifs is 3. The predicted octanol–water partition coefficient (Wildman–Crippen LogP) is 3.46. The van der Waals surface area contributed by atoms with Crippen LogP contribution < -0.4 is 5.73 Å². The Hall–Kier alpha value is -2.95. The first-order valence-corrected chi connectivity index (χ1v) is 8.09. The quantitative estimate of drug-likeness (QED) is 0.498. The molecule has 4 N–H and O–H groups in total. The molecule has 3 aromatic rings. The summed E-state index contributed by atoms with van der Waals surface area (Å²) >= 11 is 0. The summed E-state index contributed by atoms with van der Waals surface area (Å²) in [7, 11) is 0. The van der Waals surface area contributed by atoms with E-state index in [2.05, 4.69) is 4.98 Å². The Bertz CT molecular complexity index is 948. The molecule has 2 aromatic heterocycles. The van der Waals surface area contributed by atoms with Crippen molar-refractivity contribution in [3.63, 3.8) is 0 Å². The molecule has 0 bridgehead atoms. The van der Waals surface area contributed by atoms with E-state index in [0.717, 1.165) is 53.4 Å². The van der Waals surface area contributed by atoms with Crippen LogP contribution in [0, 0.1) is 5.41 Å². The van der Waals surface area contributed by atoms with E-state index in [9.17, 15) is 5.11 Å². The van der Waals surface area contributed by atoms with Crippen molar-refractivity contribution in [1.82, 2.24) is 9.97 Å².